The number of amides is 1. The fourth-order valence-electron chi connectivity index (χ4n) is 2.82. The van der Waals surface area contributed by atoms with Gasteiger partial charge >= 0.3 is 0 Å². The molecule has 0 spiro atoms. The Morgan fingerprint density at radius 2 is 1.83 bits per heavy atom. The molecule has 0 saturated carbocycles. The summed E-state index contributed by atoms with van der Waals surface area (Å²) in [5.74, 6) is 0.478. The Morgan fingerprint density at radius 3 is 2.43 bits per heavy atom. The minimum absolute atomic E-state index is 0.0241. The molecular weight excluding hydrogens is 424 g/mol. The molecule has 0 radical (unpaired) electrons. The molecule has 0 aromatic heterocycles. The molecule has 2 aromatic rings. The third-order valence-corrected chi connectivity index (χ3v) is 6.20. The van der Waals surface area contributed by atoms with Crippen LogP contribution in [0.5, 0.6) is 5.75 Å². The number of carbonyl (C=O) groups excluding carboxylic acids is 1. The maximum absolute atomic E-state index is 13.0. The Bertz CT molecular complexity index is 933. The molecule has 0 aliphatic carbocycles. The van der Waals surface area contributed by atoms with Crippen LogP contribution in [-0.4, -0.2) is 33.5 Å². The molecule has 6 nitrogen and oxygen atoms in total. The lowest BCUT2D eigenvalue weighted by atomic mass is 10.1. The monoisotopic (exact) mass is 452 g/mol. The predicted octanol–water partition coefficient (Wildman–Crippen LogP) is 3.79. The van der Waals surface area contributed by atoms with Gasteiger partial charge in [0.25, 0.3) is 0 Å². The van der Waals surface area contributed by atoms with Crippen LogP contribution in [0.3, 0.4) is 0 Å². The van der Waals surface area contributed by atoms with Gasteiger partial charge in [0.1, 0.15) is 11.8 Å². The fraction of sp³-hybridized carbons (Fsp3) is 0.409. The number of benzene rings is 2. The lowest BCUT2D eigenvalue weighted by molar-refractivity contribution is -0.122. The van der Waals surface area contributed by atoms with E-state index >= 15 is 0 Å². The Balaban J connectivity index is 2.22. The highest BCUT2D eigenvalue weighted by Gasteiger charge is 2.26. The number of hydrogen-bond donors (Lipinski definition) is 2. The van der Waals surface area contributed by atoms with Crippen molar-refractivity contribution in [1.82, 2.24) is 10.0 Å². The molecule has 164 valence electrons. The predicted molar refractivity (Wildman–Crippen MR) is 119 cm³/mol. The molecule has 2 N–H and O–H groups in total. The van der Waals surface area contributed by atoms with Crippen molar-refractivity contribution < 1.29 is 17.9 Å². The maximum Gasteiger partial charge on any atom is 0.241 e. The van der Waals surface area contributed by atoms with Crippen molar-refractivity contribution in [3.8, 4) is 5.75 Å². The number of rotatable bonds is 11. The van der Waals surface area contributed by atoms with E-state index in [1.54, 1.807) is 0 Å². The Labute approximate surface area is 184 Å². The van der Waals surface area contributed by atoms with Crippen LogP contribution in [0.4, 0.5) is 0 Å². The van der Waals surface area contributed by atoms with Crippen molar-refractivity contribution >= 4 is 27.5 Å². The van der Waals surface area contributed by atoms with Crippen LogP contribution in [0.15, 0.2) is 53.4 Å². The molecule has 30 heavy (non-hydrogen) atoms. The molecule has 1 amide bonds. The smallest absolute Gasteiger partial charge is 0.241 e. The van der Waals surface area contributed by atoms with E-state index < -0.39 is 16.1 Å². The number of nitrogens with one attached hydrogen (secondary N) is 2. The van der Waals surface area contributed by atoms with E-state index in [1.807, 2.05) is 37.3 Å². The molecule has 0 saturated heterocycles. The topological polar surface area (TPSA) is 84.5 Å². The van der Waals surface area contributed by atoms with Crippen molar-refractivity contribution in [3.05, 3.63) is 59.1 Å². The number of halogens is 1. The highest BCUT2D eigenvalue weighted by Crippen LogP contribution is 2.27. The summed E-state index contributed by atoms with van der Waals surface area (Å²) in [7, 11) is -3.97. The third-order valence-electron chi connectivity index (χ3n) is 4.43. The Kier molecular flexibility index (Phi) is 9.14. The number of sulfonamides is 1. The number of ether oxygens (including phenoxy) is 1. The Hall–Kier alpha value is -2.09. The van der Waals surface area contributed by atoms with Crippen LogP contribution >= 0.6 is 11.6 Å². The van der Waals surface area contributed by atoms with Crippen LogP contribution in [0.2, 0.25) is 5.02 Å². The van der Waals surface area contributed by atoms with Gasteiger partial charge in [-0.25, -0.2) is 8.42 Å². The average molecular weight is 453 g/mol. The van der Waals surface area contributed by atoms with Gasteiger partial charge in [-0.15, -0.1) is 0 Å². The van der Waals surface area contributed by atoms with Crippen LogP contribution in [0.25, 0.3) is 0 Å². The molecule has 2 aromatic carbocycles. The largest absolute Gasteiger partial charge is 0.492 e. The van der Waals surface area contributed by atoms with Gasteiger partial charge in [0, 0.05) is 6.54 Å². The standard InChI is InChI=1S/C22H29ClN2O4S/c1-4-29-21-11-10-18(15-19(21)23)30(27,28)25-20(14-17-8-6-5-7-9-17)22(26)24-13-12-16(2)3/h5-11,15-16,20,25H,4,12-14H2,1-3H3,(H,24,26)/t20-/m0/s1. The van der Waals surface area contributed by atoms with Gasteiger partial charge in [0.2, 0.25) is 15.9 Å². The lowest BCUT2D eigenvalue weighted by Crippen LogP contribution is -2.48. The summed E-state index contributed by atoms with van der Waals surface area (Å²) < 4.78 is 33.8. The van der Waals surface area contributed by atoms with Gasteiger partial charge in [-0.05, 0) is 49.4 Å². The third kappa shape index (κ3) is 7.31. The first kappa shape index (κ1) is 24.2. The first-order valence-corrected chi connectivity index (χ1v) is 11.9. The second kappa shape index (κ2) is 11.3. The minimum atomic E-state index is -3.97. The number of carbonyl (C=O) groups is 1. The molecular formula is C22H29ClN2O4S. The van der Waals surface area contributed by atoms with Crippen LogP contribution in [0.1, 0.15) is 32.8 Å². The summed E-state index contributed by atoms with van der Waals surface area (Å²) in [6.45, 7) is 6.84. The second-order valence-corrected chi connectivity index (χ2v) is 9.48. The molecule has 0 unspecified atom stereocenters. The zero-order chi connectivity index (χ0) is 22.1. The van der Waals surface area contributed by atoms with E-state index in [1.165, 1.54) is 18.2 Å². The van der Waals surface area contributed by atoms with Crippen molar-refractivity contribution in [1.29, 1.82) is 0 Å². The zero-order valence-corrected chi connectivity index (χ0v) is 19.1. The highest BCUT2D eigenvalue weighted by molar-refractivity contribution is 7.89. The summed E-state index contributed by atoms with van der Waals surface area (Å²) in [6, 6.07) is 12.6. The van der Waals surface area contributed by atoms with E-state index in [0.717, 1.165) is 12.0 Å². The second-order valence-electron chi connectivity index (χ2n) is 7.36. The van der Waals surface area contributed by atoms with E-state index in [0.29, 0.717) is 24.8 Å². The molecule has 0 fully saturated rings. The summed E-state index contributed by atoms with van der Waals surface area (Å²) in [4.78, 5) is 12.7. The quantitative estimate of drug-likeness (QED) is 0.543. The average Bonchev–Trinajstić information content (AvgIpc) is 2.69. The van der Waals surface area contributed by atoms with Gasteiger partial charge < -0.3 is 10.1 Å². The van der Waals surface area contributed by atoms with Gasteiger partial charge in [-0.2, -0.15) is 4.72 Å². The fourth-order valence-corrected chi connectivity index (χ4v) is 4.34. The van der Waals surface area contributed by atoms with Crippen LogP contribution in [0, 0.1) is 5.92 Å². The number of hydrogen-bond acceptors (Lipinski definition) is 4. The maximum atomic E-state index is 13.0. The van der Waals surface area contributed by atoms with Crippen LogP contribution < -0.4 is 14.8 Å². The van der Waals surface area contributed by atoms with Gasteiger partial charge in [-0.1, -0.05) is 55.8 Å². The summed E-state index contributed by atoms with van der Waals surface area (Å²) in [5.41, 5.74) is 0.855. The first-order chi connectivity index (χ1) is 14.2. The molecule has 8 heteroatoms. The molecule has 0 aliphatic rings. The normalized spacial score (nSPS) is 12.6. The van der Waals surface area contributed by atoms with Gasteiger partial charge in [0.15, 0.2) is 0 Å². The summed E-state index contributed by atoms with van der Waals surface area (Å²) in [5, 5.41) is 3.03. The first-order valence-electron chi connectivity index (χ1n) is 9.99. The van der Waals surface area contributed by atoms with Crippen molar-refractivity contribution in [3.63, 3.8) is 0 Å². The van der Waals surface area contributed by atoms with Crippen molar-refractivity contribution in [2.45, 2.75) is 44.6 Å². The van der Waals surface area contributed by atoms with Gasteiger partial charge in [0.05, 0.1) is 16.5 Å². The minimum Gasteiger partial charge on any atom is -0.492 e. The zero-order valence-electron chi connectivity index (χ0n) is 17.5. The highest BCUT2D eigenvalue weighted by atomic mass is 35.5. The summed E-state index contributed by atoms with van der Waals surface area (Å²) >= 11 is 6.14. The Morgan fingerprint density at radius 1 is 1.13 bits per heavy atom. The van der Waals surface area contributed by atoms with E-state index in [2.05, 4.69) is 23.9 Å². The van der Waals surface area contributed by atoms with Crippen molar-refractivity contribution in [2.24, 2.45) is 5.92 Å². The lowest BCUT2D eigenvalue weighted by Gasteiger charge is -2.19. The van der Waals surface area contributed by atoms with Crippen LogP contribution in [-0.2, 0) is 21.2 Å². The van der Waals surface area contributed by atoms with E-state index in [9.17, 15) is 13.2 Å². The summed E-state index contributed by atoms with van der Waals surface area (Å²) in [6.07, 6.45) is 1.05. The molecule has 1 atom stereocenters. The molecule has 0 heterocycles. The van der Waals surface area contributed by atoms with E-state index in [4.69, 9.17) is 16.3 Å². The molecule has 2 rings (SSSR count). The SMILES string of the molecule is CCOc1ccc(S(=O)(=O)N[C@@H](Cc2ccccc2)C(=O)NCCC(C)C)cc1Cl. The van der Waals surface area contributed by atoms with Crippen molar-refractivity contribution in [2.75, 3.05) is 13.2 Å². The van der Waals surface area contributed by atoms with Gasteiger partial charge in [-0.3, -0.25) is 4.79 Å². The van der Waals surface area contributed by atoms with E-state index in [-0.39, 0.29) is 22.2 Å². The molecule has 0 bridgehead atoms. The molecule has 0 aliphatic heterocycles.